The van der Waals surface area contributed by atoms with E-state index < -0.39 is 5.60 Å². The molecule has 0 atom stereocenters. The van der Waals surface area contributed by atoms with Gasteiger partial charge in [0.1, 0.15) is 11.6 Å². The number of carbonyl (C=O) groups is 1. The summed E-state index contributed by atoms with van der Waals surface area (Å²) in [5.41, 5.74) is 2.76. The molecule has 1 fully saturated rings. The molecular weight excluding hydrogens is 300 g/mol. The molecule has 4 rings (SSSR count). The first kappa shape index (κ1) is 15.3. The fourth-order valence-corrected chi connectivity index (χ4v) is 4.46. The minimum absolute atomic E-state index is 0.116. The summed E-state index contributed by atoms with van der Waals surface area (Å²) >= 11 is 0. The number of ketones is 1. The van der Waals surface area contributed by atoms with E-state index in [0.717, 1.165) is 57.1 Å². The molecule has 4 nitrogen and oxygen atoms in total. The molecule has 1 aromatic rings. The van der Waals surface area contributed by atoms with Crippen LogP contribution in [-0.4, -0.2) is 16.0 Å². The van der Waals surface area contributed by atoms with Crippen molar-refractivity contribution >= 4 is 17.7 Å². The number of aromatic nitrogens is 1. The van der Waals surface area contributed by atoms with Gasteiger partial charge in [-0.25, -0.2) is 0 Å². The first-order chi connectivity index (χ1) is 11.7. The predicted octanol–water partition coefficient (Wildman–Crippen LogP) is 4.00. The Balaban J connectivity index is 1.82. The van der Waals surface area contributed by atoms with Gasteiger partial charge in [0.05, 0.1) is 5.69 Å². The zero-order chi connectivity index (χ0) is 16.7. The van der Waals surface area contributed by atoms with Crippen LogP contribution in [0.3, 0.4) is 0 Å². The predicted molar refractivity (Wildman–Crippen MR) is 91.9 cm³/mol. The molecule has 2 heterocycles. The highest BCUT2D eigenvalue weighted by Crippen LogP contribution is 2.45. The van der Waals surface area contributed by atoms with E-state index in [2.05, 4.69) is 18.7 Å². The van der Waals surface area contributed by atoms with E-state index in [4.69, 9.17) is 4.74 Å². The van der Waals surface area contributed by atoms with E-state index in [1.807, 2.05) is 4.57 Å². The molecule has 1 aromatic heterocycles. The molecule has 3 aliphatic rings. The Morgan fingerprint density at radius 1 is 1.21 bits per heavy atom. The van der Waals surface area contributed by atoms with Gasteiger partial charge < -0.3 is 9.30 Å². The number of ether oxygens (including phenoxy) is 1. The second-order valence-corrected chi connectivity index (χ2v) is 7.06. The average molecular weight is 322 g/mol. The molecule has 4 heteroatoms. The van der Waals surface area contributed by atoms with E-state index in [1.54, 1.807) is 6.20 Å². The van der Waals surface area contributed by atoms with Gasteiger partial charge in [0.2, 0.25) is 5.78 Å². The zero-order valence-electron chi connectivity index (χ0n) is 13.9. The van der Waals surface area contributed by atoms with Gasteiger partial charge in [-0.15, -0.1) is 0 Å². The van der Waals surface area contributed by atoms with Gasteiger partial charge in [-0.1, -0.05) is 13.0 Å². The Hall–Kier alpha value is -2.28. The summed E-state index contributed by atoms with van der Waals surface area (Å²) in [7, 11) is 0. The minimum atomic E-state index is -0.796. The lowest BCUT2D eigenvalue weighted by atomic mass is 9.81. The zero-order valence-corrected chi connectivity index (χ0v) is 13.9. The number of hydrogen-bond donors (Lipinski definition) is 0. The number of carbonyl (C=O) groups excluding carboxylic acids is 1. The molecule has 0 saturated heterocycles. The number of aryl methyl sites for hydroxylation is 1. The summed E-state index contributed by atoms with van der Waals surface area (Å²) < 4.78 is 8.28. The van der Waals surface area contributed by atoms with E-state index in [-0.39, 0.29) is 11.4 Å². The van der Waals surface area contributed by atoms with Crippen LogP contribution in [0.25, 0.3) is 12.0 Å². The monoisotopic (exact) mass is 322 g/mol. The first-order valence-electron chi connectivity index (χ1n) is 8.94. The lowest BCUT2D eigenvalue weighted by Crippen LogP contribution is -2.39. The van der Waals surface area contributed by atoms with E-state index in [1.165, 1.54) is 17.7 Å². The molecular formula is C20H22N2O2. The van der Waals surface area contributed by atoms with Gasteiger partial charge in [0, 0.05) is 11.9 Å². The molecule has 24 heavy (non-hydrogen) atoms. The van der Waals surface area contributed by atoms with Crippen molar-refractivity contribution in [1.29, 1.82) is 5.26 Å². The van der Waals surface area contributed by atoms with Gasteiger partial charge in [0.15, 0.2) is 11.4 Å². The highest BCUT2D eigenvalue weighted by molar-refractivity contribution is 6.13. The van der Waals surface area contributed by atoms with Crippen molar-refractivity contribution in [3.63, 3.8) is 0 Å². The molecule has 124 valence electrons. The molecule has 0 radical (unpaired) electrons. The Kier molecular flexibility index (Phi) is 3.60. The summed E-state index contributed by atoms with van der Waals surface area (Å²) in [6, 6.07) is 4.22. The Morgan fingerprint density at radius 3 is 2.67 bits per heavy atom. The quantitative estimate of drug-likeness (QED) is 0.827. The molecule has 0 aromatic carbocycles. The van der Waals surface area contributed by atoms with E-state index in [0.29, 0.717) is 5.76 Å². The third kappa shape index (κ3) is 2.07. The number of hydrogen-bond acceptors (Lipinski definition) is 3. The van der Waals surface area contributed by atoms with Gasteiger partial charge in [0.25, 0.3) is 0 Å². The largest absolute Gasteiger partial charge is 0.475 e. The fraction of sp³-hybridized carbons (Fsp3) is 0.500. The molecule has 1 aliphatic heterocycles. The molecule has 0 bridgehead atoms. The second-order valence-electron chi connectivity index (χ2n) is 7.06. The summed E-state index contributed by atoms with van der Waals surface area (Å²) in [5, 5.41) is 9.60. The van der Waals surface area contributed by atoms with Crippen molar-refractivity contribution in [2.45, 2.75) is 63.4 Å². The lowest BCUT2D eigenvalue weighted by molar-refractivity contribution is -0.131. The molecule has 0 N–H and O–H groups in total. The maximum Gasteiger partial charge on any atom is 0.220 e. The lowest BCUT2D eigenvalue weighted by Gasteiger charge is -2.31. The third-order valence-electron chi connectivity index (χ3n) is 5.70. The number of nitrogens with zero attached hydrogens (tertiary/aromatic N) is 2. The SMILES string of the molecule is C=Cn1c(C2=C(C#N)C(=O)C3(CCCCC3)O2)cc2c1CCCC2. The Morgan fingerprint density at radius 2 is 1.96 bits per heavy atom. The number of nitriles is 1. The third-order valence-corrected chi connectivity index (χ3v) is 5.70. The Labute approximate surface area is 142 Å². The number of Topliss-reactive ketones (excluding diaryl/α,β-unsaturated/α-hetero) is 1. The van der Waals surface area contributed by atoms with Crippen molar-refractivity contribution in [1.82, 2.24) is 4.57 Å². The highest BCUT2D eigenvalue weighted by atomic mass is 16.5. The minimum Gasteiger partial charge on any atom is -0.475 e. The maximum absolute atomic E-state index is 12.9. The molecule has 1 saturated carbocycles. The van der Waals surface area contributed by atoms with Gasteiger partial charge in [-0.05, 0) is 63.0 Å². The van der Waals surface area contributed by atoms with Crippen LogP contribution in [0, 0.1) is 11.3 Å². The van der Waals surface area contributed by atoms with Crippen LogP contribution < -0.4 is 0 Å². The van der Waals surface area contributed by atoms with Gasteiger partial charge in [-0.3, -0.25) is 4.79 Å². The highest BCUT2D eigenvalue weighted by Gasteiger charge is 2.50. The molecule has 0 amide bonds. The summed E-state index contributed by atoms with van der Waals surface area (Å²) in [4.78, 5) is 12.9. The average Bonchev–Trinajstić information content (AvgIpc) is 3.11. The molecule has 2 aliphatic carbocycles. The standard InChI is InChI=1S/C20H22N2O2/c1-2-22-16-9-5-4-8-14(16)12-17(22)18-15(13-21)19(23)20(24-18)10-6-3-7-11-20/h2,12H,1,3-11H2. The smallest absolute Gasteiger partial charge is 0.220 e. The summed E-state index contributed by atoms with van der Waals surface area (Å²) in [6.07, 6.45) is 10.7. The van der Waals surface area contributed by atoms with E-state index >= 15 is 0 Å². The van der Waals surface area contributed by atoms with Crippen molar-refractivity contribution in [2.75, 3.05) is 0 Å². The normalized spacial score (nSPS) is 22.2. The number of fused-ring (bicyclic) bond motifs is 1. The van der Waals surface area contributed by atoms with Crippen LogP contribution in [-0.2, 0) is 22.4 Å². The van der Waals surface area contributed by atoms with Crippen LogP contribution in [0.5, 0.6) is 0 Å². The summed E-state index contributed by atoms with van der Waals surface area (Å²) in [5.74, 6) is 0.355. The maximum atomic E-state index is 12.9. The van der Waals surface area contributed by atoms with Crippen molar-refractivity contribution in [3.05, 3.63) is 35.2 Å². The van der Waals surface area contributed by atoms with Crippen molar-refractivity contribution in [2.24, 2.45) is 0 Å². The van der Waals surface area contributed by atoms with E-state index in [9.17, 15) is 10.1 Å². The topological polar surface area (TPSA) is 55.0 Å². The van der Waals surface area contributed by atoms with Crippen LogP contribution >= 0.6 is 0 Å². The fourth-order valence-electron chi connectivity index (χ4n) is 4.46. The number of rotatable bonds is 2. The molecule has 0 unspecified atom stereocenters. The van der Waals surface area contributed by atoms with Crippen LogP contribution in [0.1, 0.15) is 61.9 Å². The van der Waals surface area contributed by atoms with Crippen LogP contribution in [0.4, 0.5) is 0 Å². The van der Waals surface area contributed by atoms with Crippen LogP contribution in [0.2, 0.25) is 0 Å². The van der Waals surface area contributed by atoms with Crippen molar-refractivity contribution in [3.8, 4) is 6.07 Å². The van der Waals surface area contributed by atoms with Crippen molar-refractivity contribution < 1.29 is 9.53 Å². The Bertz CT molecular complexity index is 785. The summed E-state index contributed by atoms with van der Waals surface area (Å²) in [6.45, 7) is 3.93. The van der Waals surface area contributed by atoms with Crippen LogP contribution in [0.15, 0.2) is 18.2 Å². The van der Waals surface area contributed by atoms with Gasteiger partial charge >= 0.3 is 0 Å². The molecule has 1 spiro atoms. The first-order valence-corrected chi connectivity index (χ1v) is 8.94. The van der Waals surface area contributed by atoms with Gasteiger partial charge in [-0.2, -0.15) is 5.26 Å². The second kappa shape index (κ2) is 5.66.